The molecule has 0 aliphatic carbocycles. The summed E-state index contributed by atoms with van der Waals surface area (Å²) in [5.74, 6) is -0.357. The standard InChI is InChI=1S/C15H15FN2O2S/c1-19-10-20-9-15(12-4-2-3-5-13(12)16)6-11(7-17)14(21)18-8-15/h2-5,8,21H,6,9-10H2,1H3. The molecule has 2 rings (SSSR count). The average Bonchev–Trinajstić information content (AvgIpc) is 2.50. The zero-order valence-corrected chi connectivity index (χ0v) is 12.4. The molecule has 21 heavy (non-hydrogen) atoms. The first kappa shape index (κ1) is 15.7. The Kier molecular flexibility index (Phi) is 5.12. The van der Waals surface area contributed by atoms with Crippen molar-refractivity contribution in [2.45, 2.75) is 11.8 Å². The smallest absolute Gasteiger partial charge is 0.146 e. The normalized spacial score (nSPS) is 21.4. The highest BCUT2D eigenvalue weighted by Crippen LogP contribution is 2.36. The van der Waals surface area contributed by atoms with Gasteiger partial charge in [0.1, 0.15) is 17.6 Å². The van der Waals surface area contributed by atoms with Crippen molar-refractivity contribution in [2.24, 2.45) is 4.99 Å². The Morgan fingerprint density at radius 3 is 2.90 bits per heavy atom. The number of nitrogens with zero attached hydrogens (tertiary/aromatic N) is 2. The third-order valence-corrected chi connectivity index (χ3v) is 3.69. The number of halogens is 1. The summed E-state index contributed by atoms with van der Waals surface area (Å²) in [6, 6.07) is 8.49. The van der Waals surface area contributed by atoms with E-state index < -0.39 is 5.41 Å². The number of methoxy groups -OCH3 is 1. The quantitative estimate of drug-likeness (QED) is 0.517. The van der Waals surface area contributed by atoms with Crippen LogP contribution in [0.2, 0.25) is 0 Å². The van der Waals surface area contributed by atoms with E-state index in [0.29, 0.717) is 16.2 Å². The zero-order chi connectivity index (χ0) is 15.3. The largest absolute Gasteiger partial charge is 0.359 e. The summed E-state index contributed by atoms with van der Waals surface area (Å²) in [5, 5.41) is 9.55. The van der Waals surface area contributed by atoms with Crippen molar-refractivity contribution in [2.75, 3.05) is 20.5 Å². The molecule has 6 heteroatoms. The lowest BCUT2D eigenvalue weighted by Gasteiger charge is -2.32. The highest BCUT2D eigenvalue weighted by Gasteiger charge is 2.37. The predicted molar refractivity (Wildman–Crippen MR) is 80.6 cm³/mol. The summed E-state index contributed by atoms with van der Waals surface area (Å²) in [5.41, 5.74) is 0.0183. The fourth-order valence-electron chi connectivity index (χ4n) is 2.30. The maximum absolute atomic E-state index is 14.2. The van der Waals surface area contributed by atoms with Crippen LogP contribution in [0.4, 0.5) is 4.39 Å². The lowest BCUT2D eigenvalue weighted by Crippen LogP contribution is -2.37. The van der Waals surface area contributed by atoms with Crippen LogP contribution in [0.5, 0.6) is 0 Å². The summed E-state index contributed by atoms with van der Waals surface area (Å²) in [6.45, 7) is 0.251. The molecule has 1 aliphatic rings. The molecule has 0 bridgehead atoms. The summed E-state index contributed by atoms with van der Waals surface area (Å²) in [4.78, 5) is 4.14. The molecule has 0 aromatic heterocycles. The Labute approximate surface area is 128 Å². The first-order valence-corrected chi connectivity index (χ1v) is 6.77. The molecule has 1 aliphatic heterocycles. The molecular weight excluding hydrogens is 291 g/mol. The second-order valence-corrected chi connectivity index (χ2v) is 5.16. The lowest BCUT2D eigenvalue weighted by atomic mass is 9.76. The summed E-state index contributed by atoms with van der Waals surface area (Å²) < 4.78 is 24.5. The van der Waals surface area contributed by atoms with Crippen LogP contribution in [0, 0.1) is 17.1 Å². The van der Waals surface area contributed by atoms with Gasteiger partial charge in [-0.15, -0.1) is 12.6 Å². The van der Waals surface area contributed by atoms with Crippen molar-refractivity contribution in [3.63, 3.8) is 0 Å². The number of ether oxygens (including phenoxy) is 2. The summed E-state index contributed by atoms with van der Waals surface area (Å²) in [7, 11) is 1.51. The van der Waals surface area contributed by atoms with Crippen LogP contribution in [0.1, 0.15) is 12.0 Å². The van der Waals surface area contributed by atoms with Gasteiger partial charge in [-0.2, -0.15) is 5.26 Å². The Bertz CT molecular complexity index is 624. The topological polar surface area (TPSA) is 54.6 Å². The van der Waals surface area contributed by atoms with Crippen molar-refractivity contribution in [3.05, 3.63) is 46.2 Å². The maximum atomic E-state index is 14.2. The van der Waals surface area contributed by atoms with Gasteiger partial charge in [-0.1, -0.05) is 18.2 Å². The minimum absolute atomic E-state index is 0.0867. The Morgan fingerprint density at radius 1 is 1.48 bits per heavy atom. The van der Waals surface area contributed by atoms with E-state index >= 15 is 0 Å². The first-order chi connectivity index (χ1) is 10.1. The maximum Gasteiger partial charge on any atom is 0.146 e. The number of rotatable bonds is 5. The van der Waals surface area contributed by atoms with Crippen molar-refractivity contribution < 1.29 is 13.9 Å². The number of aliphatic imine (C=N–C) groups is 1. The number of hydrogen-bond donors (Lipinski definition) is 1. The minimum Gasteiger partial charge on any atom is -0.359 e. The molecule has 1 atom stereocenters. The van der Waals surface area contributed by atoms with Crippen molar-refractivity contribution in [1.82, 2.24) is 0 Å². The van der Waals surface area contributed by atoms with Crippen LogP contribution in [0.25, 0.3) is 0 Å². The van der Waals surface area contributed by atoms with E-state index in [4.69, 9.17) is 9.47 Å². The number of allylic oxidation sites excluding steroid dienone is 1. The van der Waals surface area contributed by atoms with Gasteiger partial charge in [0, 0.05) is 25.3 Å². The van der Waals surface area contributed by atoms with Gasteiger partial charge in [0.15, 0.2) is 0 Å². The van der Waals surface area contributed by atoms with E-state index in [0.717, 1.165) is 0 Å². The molecular formula is C15H15FN2O2S. The van der Waals surface area contributed by atoms with E-state index in [1.54, 1.807) is 24.4 Å². The Hall–Kier alpha value is -1.68. The first-order valence-electron chi connectivity index (χ1n) is 6.32. The highest BCUT2D eigenvalue weighted by atomic mass is 32.1. The van der Waals surface area contributed by atoms with Gasteiger partial charge >= 0.3 is 0 Å². The molecule has 0 saturated heterocycles. The van der Waals surface area contributed by atoms with Crippen LogP contribution < -0.4 is 0 Å². The van der Waals surface area contributed by atoms with Crippen LogP contribution in [-0.2, 0) is 14.9 Å². The van der Waals surface area contributed by atoms with Crippen molar-refractivity contribution >= 4 is 18.8 Å². The van der Waals surface area contributed by atoms with Crippen LogP contribution >= 0.6 is 12.6 Å². The van der Waals surface area contributed by atoms with E-state index in [1.165, 1.54) is 13.2 Å². The average molecular weight is 306 g/mol. The van der Waals surface area contributed by atoms with E-state index in [1.807, 2.05) is 0 Å². The number of benzene rings is 1. The predicted octanol–water partition coefficient (Wildman–Crippen LogP) is 2.82. The van der Waals surface area contributed by atoms with Gasteiger partial charge < -0.3 is 9.47 Å². The Morgan fingerprint density at radius 2 is 2.24 bits per heavy atom. The fourth-order valence-corrected chi connectivity index (χ4v) is 2.48. The van der Waals surface area contributed by atoms with Gasteiger partial charge in [0.2, 0.25) is 0 Å². The molecule has 1 unspecified atom stereocenters. The third-order valence-electron chi connectivity index (χ3n) is 3.30. The van der Waals surface area contributed by atoms with E-state index in [-0.39, 0.29) is 25.6 Å². The second kappa shape index (κ2) is 6.85. The second-order valence-electron chi connectivity index (χ2n) is 4.74. The fraction of sp³-hybridized carbons (Fsp3) is 0.333. The highest BCUT2D eigenvalue weighted by molar-refractivity contribution is 7.84. The van der Waals surface area contributed by atoms with E-state index in [2.05, 4.69) is 23.7 Å². The van der Waals surface area contributed by atoms with Gasteiger partial charge in [-0.05, 0) is 6.07 Å². The number of thiol groups is 1. The number of hydrogen-bond acceptors (Lipinski definition) is 5. The number of nitriles is 1. The SMILES string of the molecule is COCOCC1(c2ccccc2F)C=NC(S)=C(C#N)C1. The zero-order valence-electron chi connectivity index (χ0n) is 11.5. The molecule has 1 aromatic rings. The molecule has 0 amide bonds. The van der Waals surface area contributed by atoms with E-state index in [9.17, 15) is 9.65 Å². The summed E-state index contributed by atoms with van der Waals surface area (Å²) >= 11 is 4.16. The Balaban J connectivity index is 2.41. The molecule has 0 spiro atoms. The monoisotopic (exact) mass is 306 g/mol. The lowest BCUT2D eigenvalue weighted by molar-refractivity contribution is -0.0414. The van der Waals surface area contributed by atoms with Crippen molar-refractivity contribution in [3.8, 4) is 6.07 Å². The molecule has 0 fully saturated rings. The van der Waals surface area contributed by atoms with Gasteiger partial charge in [0.05, 0.1) is 23.7 Å². The molecule has 4 nitrogen and oxygen atoms in total. The van der Waals surface area contributed by atoms with Crippen LogP contribution in [0.15, 0.2) is 39.9 Å². The molecule has 1 aromatic carbocycles. The molecule has 0 radical (unpaired) electrons. The third kappa shape index (κ3) is 3.32. The molecule has 1 heterocycles. The molecule has 0 N–H and O–H groups in total. The van der Waals surface area contributed by atoms with Gasteiger partial charge in [-0.3, -0.25) is 4.99 Å². The van der Waals surface area contributed by atoms with Crippen LogP contribution in [0.3, 0.4) is 0 Å². The van der Waals surface area contributed by atoms with Crippen molar-refractivity contribution in [1.29, 1.82) is 5.26 Å². The van der Waals surface area contributed by atoms with Gasteiger partial charge in [0.25, 0.3) is 0 Å². The molecule has 0 saturated carbocycles. The van der Waals surface area contributed by atoms with Gasteiger partial charge in [-0.25, -0.2) is 4.39 Å². The molecule has 110 valence electrons. The summed E-state index contributed by atoms with van der Waals surface area (Å²) in [6.07, 6.45) is 1.89. The minimum atomic E-state index is -0.832. The van der Waals surface area contributed by atoms with Crippen LogP contribution in [-0.4, -0.2) is 26.7 Å².